The van der Waals surface area contributed by atoms with Crippen molar-refractivity contribution in [3.05, 3.63) is 45.9 Å². The Bertz CT molecular complexity index is 522. The smallest absolute Gasteiger partial charge is 0.131 e. The van der Waals surface area contributed by atoms with Gasteiger partial charge in [-0.25, -0.2) is 4.98 Å². The van der Waals surface area contributed by atoms with Crippen LogP contribution in [0.4, 0.5) is 0 Å². The molecule has 1 aromatic carbocycles. The molecule has 4 heteroatoms. The number of nitrogens with zero attached hydrogens (tertiary/aromatic N) is 1. The van der Waals surface area contributed by atoms with Crippen LogP contribution < -0.4 is 10.5 Å². The Hall–Kier alpha value is -1.39. The zero-order valence-electron chi connectivity index (χ0n) is 11.4. The van der Waals surface area contributed by atoms with Gasteiger partial charge in [-0.2, -0.15) is 0 Å². The highest BCUT2D eigenvalue weighted by Gasteiger charge is 2.07. The van der Waals surface area contributed by atoms with Crippen molar-refractivity contribution < 1.29 is 4.74 Å². The third-order valence-electron chi connectivity index (χ3n) is 2.79. The minimum Gasteiger partial charge on any atom is -0.487 e. The number of benzene rings is 1. The van der Waals surface area contributed by atoms with E-state index in [9.17, 15) is 0 Å². The van der Waals surface area contributed by atoms with Gasteiger partial charge in [0.15, 0.2) is 0 Å². The molecule has 1 unspecified atom stereocenters. The molecule has 2 rings (SSSR count). The summed E-state index contributed by atoms with van der Waals surface area (Å²) in [6.45, 7) is 4.64. The molecule has 1 atom stereocenters. The average molecular weight is 276 g/mol. The zero-order valence-corrected chi connectivity index (χ0v) is 12.2. The average Bonchev–Trinajstić information content (AvgIpc) is 2.85. The Morgan fingerprint density at radius 2 is 2.16 bits per heavy atom. The monoisotopic (exact) mass is 276 g/mol. The lowest BCUT2D eigenvalue weighted by Crippen LogP contribution is -2.18. The molecule has 0 aliphatic heterocycles. The first-order chi connectivity index (χ1) is 9.19. The lowest BCUT2D eigenvalue weighted by Gasteiger charge is -2.12. The first-order valence-corrected chi connectivity index (χ1v) is 7.46. The molecule has 2 N–H and O–H groups in total. The normalized spacial score (nSPS) is 12.4. The van der Waals surface area contributed by atoms with E-state index in [4.69, 9.17) is 10.5 Å². The van der Waals surface area contributed by atoms with E-state index >= 15 is 0 Å². The SMILES string of the molecule is CCc1nc(COc2ccccc2CC(C)N)cs1. The molecule has 0 saturated carbocycles. The lowest BCUT2D eigenvalue weighted by molar-refractivity contribution is 0.298. The fraction of sp³-hybridized carbons (Fsp3) is 0.400. The summed E-state index contributed by atoms with van der Waals surface area (Å²) in [5.74, 6) is 0.908. The van der Waals surface area contributed by atoms with Crippen molar-refractivity contribution in [3.8, 4) is 5.75 Å². The summed E-state index contributed by atoms with van der Waals surface area (Å²) in [6, 6.07) is 8.19. The number of para-hydroxylation sites is 1. The molecule has 0 aliphatic carbocycles. The van der Waals surface area contributed by atoms with Gasteiger partial charge in [-0.05, 0) is 31.4 Å². The van der Waals surface area contributed by atoms with Crippen molar-refractivity contribution in [1.82, 2.24) is 4.98 Å². The maximum Gasteiger partial charge on any atom is 0.131 e. The van der Waals surface area contributed by atoms with Gasteiger partial charge in [-0.3, -0.25) is 0 Å². The van der Waals surface area contributed by atoms with E-state index in [-0.39, 0.29) is 6.04 Å². The van der Waals surface area contributed by atoms with Gasteiger partial charge >= 0.3 is 0 Å². The largest absolute Gasteiger partial charge is 0.487 e. The quantitative estimate of drug-likeness (QED) is 0.881. The lowest BCUT2D eigenvalue weighted by atomic mass is 10.1. The zero-order chi connectivity index (χ0) is 13.7. The number of hydrogen-bond donors (Lipinski definition) is 1. The van der Waals surface area contributed by atoms with Crippen molar-refractivity contribution in [2.45, 2.75) is 39.3 Å². The highest BCUT2D eigenvalue weighted by molar-refractivity contribution is 7.09. The molecular formula is C15H20N2OS. The number of rotatable bonds is 6. The minimum absolute atomic E-state index is 0.135. The molecule has 0 spiro atoms. The second-order valence-corrected chi connectivity index (χ2v) is 5.61. The number of hydrogen-bond acceptors (Lipinski definition) is 4. The molecule has 0 saturated heterocycles. The Kier molecular flexibility index (Phi) is 4.93. The topological polar surface area (TPSA) is 48.1 Å². The Labute approximate surface area is 118 Å². The van der Waals surface area contributed by atoms with Crippen LogP contribution in [0.1, 0.15) is 30.1 Å². The van der Waals surface area contributed by atoms with Crippen LogP contribution in [-0.2, 0) is 19.4 Å². The molecule has 0 bridgehead atoms. The molecule has 3 nitrogen and oxygen atoms in total. The summed E-state index contributed by atoms with van der Waals surface area (Å²) in [4.78, 5) is 4.50. The van der Waals surface area contributed by atoms with Gasteiger partial charge in [-0.15, -0.1) is 11.3 Å². The Morgan fingerprint density at radius 3 is 2.84 bits per heavy atom. The summed E-state index contributed by atoms with van der Waals surface area (Å²) >= 11 is 1.69. The number of aryl methyl sites for hydroxylation is 1. The third-order valence-corrected chi connectivity index (χ3v) is 3.83. The van der Waals surface area contributed by atoms with Gasteiger partial charge in [0, 0.05) is 11.4 Å². The van der Waals surface area contributed by atoms with E-state index in [0.29, 0.717) is 6.61 Å². The van der Waals surface area contributed by atoms with E-state index < -0.39 is 0 Å². The number of thiazole rings is 1. The molecule has 0 radical (unpaired) electrons. The maximum atomic E-state index is 5.87. The minimum atomic E-state index is 0.135. The predicted octanol–water partition coefficient (Wildman–Crippen LogP) is 3.17. The van der Waals surface area contributed by atoms with Gasteiger partial charge < -0.3 is 10.5 Å². The van der Waals surface area contributed by atoms with Crippen LogP contribution in [0.25, 0.3) is 0 Å². The second kappa shape index (κ2) is 6.68. The van der Waals surface area contributed by atoms with Gasteiger partial charge in [0.1, 0.15) is 12.4 Å². The first kappa shape index (κ1) is 14.0. The second-order valence-electron chi connectivity index (χ2n) is 4.66. The van der Waals surface area contributed by atoms with Crippen molar-refractivity contribution in [1.29, 1.82) is 0 Å². The molecule has 0 aliphatic rings. The molecule has 102 valence electrons. The van der Waals surface area contributed by atoms with E-state index in [1.165, 1.54) is 0 Å². The summed E-state index contributed by atoms with van der Waals surface area (Å²) < 4.78 is 5.87. The standard InChI is InChI=1S/C15H20N2OS/c1-3-15-17-13(10-19-15)9-18-14-7-5-4-6-12(14)8-11(2)16/h4-7,10-11H,3,8-9,16H2,1-2H3. The molecule has 19 heavy (non-hydrogen) atoms. The van der Waals surface area contributed by atoms with Crippen LogP contribution in [0.5, 0.6) is 5.75 Å². The highest BCUT2D eigenvalue weighted by atomic mass is 32.1. The molecule has 2 aromatic rings. The first-order valence-electron chi connectivity index (χ1n) is 6.58. The van der Waals surface area contributed by atoms with Crippen molar-refractivity contribution >= 4 is 11.3 Å². The molecule has 0 amide bonds. The van der Waals surface area contributed by atoms with E-state index in [1.54, 1.807) is 11.3 Å². The highest BCUT2D eigenvalue weighted by Crippen LogP contribution is 2.21. The van der Waals surface area contributed by atoms with Crippen molar-refractivity contribution in [3.63, 3.8) is 0 Å². The van der Waals surface area contributed by atoms with E-state index in [0.717, 1.165) is 34.9 Å². The Morgan fingerprint density at radius 1 is 1.37 bits per heavy atom. The summed E-state index contributed by atoms with van der Waals surface area (Å²) in [5.41, 5.74) is 8.01. The predicted molar refractivity (Wildman–Crippen MR) is 79.6 cm³/mol. The number of nitrogens with two attached hydrogens (primary N) is 1. The summed E-state index contributed by atoms with van der Waals surface area (Å²) in [7, 11) is 0. The van der Waals surface area contributed by atoms with Crippen LogP contribution in [0, 0.1) is 0 Å². The van der Waals surface area contributed by atoms with E-state index in [2.05, 4.69) is 23.4 Å². The van der Waals surface area contributed by atoms with Gasteiger partial charge in [0.25, 0.3) is 0 Å². The fourth-order valence-electron chi connectivity index (χ4n) is 1.89. The molecule has 1 heterocycles. The van der Waals surface area contributed by atoms with Crippen LogP contribution in [0.3, 0.4) is 0 Å². The van der Waals surface area contributed by atoms with Crippen LogP contribution >= 0.6 is 11.3 Å². The summed E-state index contributed by atoms with van der Waals surface area (Å²) in [5, 5.41) is 3.22. The van der Waals surface area contributed by atoms with E-state index in [1.807, 2.05) is 25.1 Å². The Balaban J connectivity index is 2.02. The van der Waals surface area contributed by atoms with Crippen molar-refractivity contribution in [2.24, 2.45) is 5.73 Å². The number of aromatic nitrogens is 1. The molecular weight excluding hydrogens is 256 g/mol. The van der Waals surface area contributed by atoms with Crippen LogP contribution in [0.15, 0.2) is 29.6 Å². The van der Waals surface area contributed by atoms with Crippen LogP contribution in [0.2, 0.25) is 0 Å². The van der Waals surface area contributed by atoms with Crippen LogP contribution in [-0.4, -0.2) is 11.0 Å². The number of ether oxygens (including phenoxy) is 1. The van der Waals surface area contributed by atoms with Crippen molar-refractivity contribution in [2.75, 3.05) is 0 Å². The van der Waals surface area contributed by atoms with Gasteiger partial charge in [-0.1, -0.05) is 25.1 Å². The maximum absolute atomic E-state index is 5.87. The van der Waals surface area contributed by atoms with Gasteiger partial charge in [0.2, 0.25) is 0 Å². The summed E-state index contributed by atoms with van der Waals surface area (Å²) in [6.07, 6.45) is 1.80. The van der Waals surface area contributed by atoms with Gasteiger partial charge in [0.05, 0.1) is 10.7 Å². The third kappa shape index (κ3) is 4.04. The molecule has 1 aromatic heterocycles. The molecule has 0 fully saturated rings. The fourth-order valence-corrected chi connectivity index (χ4v) is 2.62.